The maximum atomic E-state index is 10.8. The number of hydrogen-bond acceptors (Lipinski definition) is 2. The minimum absolute atomic E-state index is 0.468. The van der Waals surface area contributed by atoms with Crippen molar-refractivity contribution in [3.63, 3.8) is 0 Å². The third kappa shape index (κ3) is 4.47. The summed E-state index contributed by atoms with van der Waals surface area (Å²) in [7, 11) is 0. The van der Waals surface area contributed by atoms with Crippen LogP contribution in [0.5, 0.6) is 5.75 Å². The van der Waals surface area contributed by atoms with Crippen molar-refractivity contribution in [2.75, 3.05) is 6.61 Å². The molecule has 1 atom stereocenters. The first-order chi connectivity index (χ1) is 8.15. The minimum Gasteiger partial charge on any atom is -0.494 e. The number of unbranched alkanes of at least 4 members (excludes halogenated alkanes) is 2. The first-order valence-electron chi connectivity index (χ1n) is 6.10. The first-order valence-corrected chi connectivity index (χ1v) is 6.10. The second-order valence-corrected chi connectivity index (χ2v) is 4.18. The Morgan fingerprint density at radius 3 is 2.47 bits per heavy atom. The van der Waals surface area contributed by atoms with Gasteiger partial charge in [-0.15, -0.1) is 0 Å². The van der Waals surface area contributed by atoms with E-state index in [4.69, 9.17) is 9.84 Å². The summed E-state index contributed by atoms with van der Waals surface area (Å²) in [5.41, 5.74) is 0.804. The Hall–Kier alpha value is -1.51. The molecule has 3 heteroatoms. The fourth-order valence-corrected chi connectivity index (χ4v) is 1.54. The van der Waals surface area contributed by atoms with E-state index in [2.05, 4.69) is 6.92 Å². The Morgan fingerprint density at radius 1 is 1.29 bits per heavy atom. The van der Waals surface area contributed by atoms with Gasteiger partial charge in [-0.25, -0.2) is 0 Å². The first kappa shape index (κ1) is 13.6. The third-order valence-corrected chi connectivity index (χ3v) is 2.77. The van der Waals surface area contributed by atoms with Gasteiger partial charge in [-0.2, -0.15) is 0 Å². The van der Waals surface area contributed by atoms with E-state index in [0.29, 0.717) is 0 Å². The quantitative estimate of drug-likeness (QED) is 0.738. The average molecular weight is 236 g/mol. The lowest BCUT2D eigenvalue weighted by molar-refractivity contribution is -0.138. The van der Waals surface area contributed by atoms with Gasteiger partial charge in [0.15, 0.2) is 0 Å². The molecule has 0 aromatic heterocycles. The molecule has 94 valence electrons. The lowest BCUT2D eigenvalue weighted by Gasteiger charge is -2.09. The van der Waals surface area contributed by atoms with E-state index in [-0.39, 0.29) is 0 Å². The molecule has 0 aliphatic carbocycles. The zero-order valence-corrected chi connectivity index (χ0v) is 10.5. The van der Waals surface area contributed by atoms with Crippen molar-refractivity contribution < 1.29 is 14.6 Å². The molecular weight excluding hydrogens is 216 g/mol. The van der Waals surface area contributed by atoms with Gasteiger partial charge in [0.25, 0.3) is 0 Å². The van der Waals surface area contributed by atoms with Gasteiger partial charge >= 0.3 is 5.97 Å². The summed E-state index contributed by atoms with van der Waals surface area (Å²) in [6.45, 7) is 4.56. The van der Waals surface area contributed by atoms with Gasteiger partial charge in [0.2, 0.25) is 0 Å². The van der Waals surface area contributed by atoms with E-state index in [0.717, 1.165) is 24.3 Å². The van der Waals surface area contributed by atoms with Gasteiger partial charge < -0.3 is 9.84 Å². The minimum atomic E-state index is -0.804. The number of carbonyl (C=O) groups is 1. The fourth-order valence-electron chi connectivity index (χ4n) is 1.54. The summed E-state index contributed by atoms with van der Waals surface area (Å²) in [5, 5.41) is 8.87. The molecule has 1 aromatic carbocycles. The van der Waals surface area contributed by atoms with Crippen LogP contribution in [0.2, 0.25) is 0 Å². The lowest BCUT2D eigenvalue weighted by Crippen LogP contribution is -2.07. The highest BCUT2D eigenvalue weighted by Crippen LogP contribution is 2.19. The average Bonchev–Trinajstić information content (AvgIpc) is 2.34. The van der Waals surface area contributed by atoms with Gasteiger partial charge in [0.05, 0.1) is 12.5 Å². The van der Waals surface area contributed by atoms with E-state index in [1.807, 2.05) is 24.3 Å². The standard InChI is InChI=1S/C14H20O3/c1-3-4-5-10-17-13-8-6-12(7-9-13)11(2)14(15)16/h6-9,11H,3-5,10H2,1-2H3,(H,15,16). The zero-order chi connectivity index (χ0) is 12.7. The van der Waals surface area contributed by atoms with E-state index in [1.54, 1.807) is 6.92 Å². The molecule has 1 unspecified atom stereocenters. The van der Waals surface area contributed by atoms with Gasteiger partial charge in [-0.3, -0.25) is 4.79 Å². The number of carboxylic acids is 1. The van der Waals surface area contributed by atoms with E-state index >= 15 is 0 Å². The van der Waals surface area contributed by atoms with Crippen molar-refractivity contribution in [2.45, 2.75) is 39.0 Å². The SMILES string of the molecule is CCCCCOc1ccc(C(C)C(=O)O)cc1. The van der Waals surface area contributed by atoms with E-state index in [9.17, 15) is 4.79 Å². The molecule has 0 aliphatic heterocycles. The Kier molecular flexibility index (Phi) is 5.53. The monoisotopic (exact) mass is 236 g/mol. The summed E-state index contributed by atoms with van der Waals surface area (Å²) >= 11 is 0. The predicted molar refractivity (Wildman–Crippen MR) is 67.5 cm³/mol. The Labute approximate surface area is 102 Å². The number of rotatable bonds is 7. The topological polar surface area (TPSA) is 46.5 Å². The van der Waals surface area contributed by atoms with Crippen molar-refractivity contribution in [1.29, 1.82) is 0 Å². The summed E-state index contributed by atoms with van der Waals surface area (Å²) < 4.78 is 5.56. The highest BCUT2D eigenvalue weighted by molar-refractivity contribution is 5.75. The summed E-state index contributed by atoms with van der Waals surface area (Å²) in [4.78, 5) is 10.8. The van der Waals surface area contributed by atoms with Crippen LogP contribution in [0.25, 0.3) is 0 Å². The molecule has 0 saturated heterocycles. The molecule has 0 spiro atoms. The van der Waals surface area contributed by atoms with Crippen molar-refractivity contribution in [3.05, 3.63) is 29.8 Å². The smallest absolute Gasteiger partial charge is 0.310 e. The number of carboxylic acid groups (broad SMARTS) is 1. The number of aliphatic carboxylic acids is 1. The van der Waals surface area contributed by atoms with Gasteiger partial charge in [-0.05, 0) is 31.0 Å². The molecule has 17 heavy (non-hydrogen) atoms. The largest absolute Gasteiger partial charge is 0.494 e. The third-order valence-electron chi connectivity index (χ3n) is 2.77. The molecule has 1 aromatic rings. The molecule has 0 radical (unpaired) electrons. The maximum Gasteiger partial charge on any atom is 0.310 e. The molecule has 1 N–H and O–H groups in total. The molecule has 0 heterocycles. The van der Waals surface area contributed by atoms with Gasteiger partial charge in [0, 0.05) is 0 Å². The van der Waals surface area contributed by atoms with Crippen molar-refractivity contribution in [3.8, 4) is 5.75 Å². The predicted octanol–water partition coefficient (Wildman–Crippen LogP) is 3.44. The van der Waals surface area contributed by atoms with E-state index < -0.39 is 11.9 Å². The van der Waals surface area contributed by atoms with Crippen LogP contribution in [0, 0.1) is 0 Å². The molecular formula is C14H20O3. The number of hydrogen-bond donors (Lipinski definition) is 1. The second-order valence-electron chi connectivity index (χ2n) is 4.18. The number of ether oxygens (including phenoxy) is 1. The van der Waals surface area contributed by atoms with Crippen LogP contribution >= 0.6 is 0 Å². The number of benzene rings is 1. The van der Waals surface area contributed by atoms with Crippen LogP contribution in [-0.4, -0.2) is 17.7 Å². The van der Waals surface area contributed by atoms with Crippen molar-refractivity contribution >= 4 is 5.97 Å². The second kappa shape index (κ2) is 6.94. The lowest BCUT2D eigenvalue weighted by atomic mass is 10.0. The molecule has 0 aliphatic rings. The zero-order valence-electron chi connectivity index (χ0n) is 10.5. The van der Waals surface area contributed by atoms with Crippen LogP contribution in [0.1, 0.15) is 44.6 Å². The van der Waals surface area contributed by atoms with Crippen molar-refractivity contribution in [1.82, 2.24) is 0 Å². The Balaban J connectivity index is 2.47. The maximum absolute atomic E-state index is 10.8. The summed E-state index contributed by atoms with van der Waals surface area (Å²) in [6.07, 6.45) is 3.41. The van der Waals surface area contributed by atoms with Crippen LogP contribution in [0.4, 0.5) is 0 Å². The molecule has 1 rings (SSSR count). The molecule has 0 fully saturated rings. The van der Waals surface area contributed by atoms with E-state index in [1.165, 1.54) is 12.8 Å². The Morgan fingerprint density at radius 2 is 1.94 bits per heavy atom. The summed E-state index contributed by atoms with van der Waals surface area (Å²) in [5.74, 6) is -0.465. The molecule has 0 saturated carbocycles. The van der Waals surface area contributed by atoms with Crippen LogP contribution in [0.15, 0.2) is 24.3 Å². The molecule has 0 bridgehead atoms. The Bertz CT molecular complexity index is 343. The van der Waals surface area contributed by atoms with Gasteiger partial charge in [-0.1, -0.05) is 31.9 Å². The highest BCUT2D eigenvalue weighted by Gasteiger charge is 2.12. The normalized spacial score (nSPS) is 12.1. The van der Waals surface area contributed by atoms with Gasteiger partial charge in [0.1, 0.15) is 5.75 Å². The van der Waals surface area contributed by atoms with Crippen LogP contribution in [0.3, 0.4) is 0 Å². The fraction of sp³-hybridized carbons (Fsp3) is 0.500. The van der Waals surface area contributed by atoms with Crippen LogP contribution in [-0.2, 0) is 4.79 Å². The molecule has 0 amide bonds. The molecule has 3 nitrogen and oxygen atoms in total. The highest BCUT2D eigenvalue weighted by atomic mass is 16.5. The van der Waals surface area contributed by atoms with Crippen molar-refractivity contribution in [2.24, 2.45) is 0 Å². The van der Waals surface area contributed by atoms with Crippen LogP contribution < -0.4 is 4.74 Å². The summed E-state index contributed by atoms with van der Waals surface area (Å²) in [6, 6.07) is 7.29.